The van der Waals surface area contributed by atoms with Crippen LogP contribution in [0.15, 0.2) is 24.3 Å². The van der Waals surface area contributed by atoms with Crippen molar-refractivity contribution in [2.24, 2.45) is 0 Å². The van der Waals surface area contributed by atoms with Crippen molar-refractivity contribution in [2.45, 2.75) is 13.5 Å². The highest BCUT2D eigenvalue weighted by Crippen LogP contribution is 2.24. The largest absolute Gasteiger partial charge is 0.382 e. The summed E-state index contributed by atoms with van der Waals surface area (Å²) in [6.07, 6.45) is 0. The second-order valence-electron chi connectivity index (χ2n) is 4.04. The molecule has 0 bridgehead atoms. The van der Waals surface area contributed by atoms with Crippen LogP contribution >= 0.6 is 11.3 Å². The maximum absolute atomic E-state index is 13.4. The summed E-state index contributed by atoms with van der Waals surface area (Å²) in [5, 5.41) is 6.23. The standard InChI is InChI=1S/C13H15FN4OS/c1-2-16-13-18-11(15)10(20-13)12(19)17-7-8-5-3-4-6-9(8)14/h3-6H,2,7,15H2,1H3,(H,16,18)(H,17,19). The highest BCUT2D eigenvalue weighted by molar-refractivity contribution is 7.18. The van der Waals surface area contributed by atoms with Crippen molar-refractivity contribution in [3.8, 4) is 0 Å². The van der Waals surface area contributed by atoms with E-state index < -0.39 is 0 Å². The van der Waals surface area contributed by atoms with Crippen LogP contribution in [0, 0.1) is 5.82 Å². The van der Waals surface area contributed by atoms with Gasteiger partial charge < -0.3 is 16.4 Å². The van der Waals surface area contributed by atoms with Crippen LogP contribution in [0.5, 0.6) is 0 Å². The third-order valence-corrected chi connectivity index (χ3v) is 3.61. The second-order valence-corrected chi connectivity index (χ2v) is 5.04. The first kappa shape index (κ1) is 14.3. The summed E-state index contributed by atoms with van der Waals surface area (Å²) in [4.78, 5) is 16.4. The quantitative estimate of drug-likeness (QED) is 0.790. The highest BCUT2D eigenvalue weighted by atomic mass is 32.1. The molecule has 0 spiro atoms. The smallest absolute Gasteiger partial charge is 0.265 e. The molecule has 0 aliphatic heterocycles. The molecule has 1 amide bonds. The van der Waals surface area contributed by atoms with Gasteiger partial charge in [-0.05, 0) is 13.0 Å². The van der Waals surface area contributed by atoms with E-state index in [1.165, 1.54) is 17.4 Å². The molecule has 0 radical (unpaired) electrons. The molecule has 4 N–H and O–H groups in total. The molecule has 0 unspecified atom stereocenters. The van der Waals surface area contributed by atoms with Gasteiger partial charge in [0.05, 0.1) is 0 Å². The Bertz CT molecular complexity index is 614. The summed E-state index contributed by atoms with van der Waals surface area (Å²) in [6, 6.07) is 6.29. The summed E-state index contributed by atoms with van der Waals surface area (Å²) < 4.78 is 13.4. The van der Waals surface area contributed by atoms with E-state index in [2.05, 4.69) is 15.6 Å². The number of thiazole rings is 1. The van der Waals surface area contributed by atoms with Crippen LogP contribution in [0.1, 0.15) is 22.2 Å². The highest BCUT2D eigenvalue weighted by Gasteiger charge is 2.16. The number of nitrogens with zero attached hydrogens (tertiary/aromatic N) is 1. The molecular weight excluding hydrogens is 279 g/mol. The fourth-order valence-corrected chi connectivity index (χ4v) is 2.49. The molecule has 2 rings (SSSR count). The van der Waals surface area contributed by atoms with Crippen LogP contribution in [0.4, 0.5) is 15.3 Å². The third-order valence-electron chi connectivity index (χ3n) is 2.58. The minimum absolute atomic E-state index is 0.111. The maximum Gasteiger partial charge on any atom is 0.265 e. The number of nitrogen functional groups attached to an aromatic ring is 1. The molecule has 1 aromatic heterocycles. The predicted molar refractivity (Wildman–Crippen MR) is 78.3 cm³/mol. The molecule has 7 heteroatoms. The molecular formula is C13H15FN4OS. The number of rotatable bonds is 5. The van der Waals surface area contributed by atoms with Crippen molar-refractivity contribution in [1.82, 2.24) is 10.3 Å². The minimum atomic E-state index is -0.354. The number of carbonyl (C=O) groups is 1. The number of amides is 1. The summed E-state index contributed by atoms with van der Waals surface area (Å²) in [7, 11) is 0. The molecule has 0 saturated heterocycles. The zero-order valence-electron chi connectivity index (χ0n) is 10.9. The Balaban J connectivity index is 2.03. The molecule has 0 aliphatic carbocycles. The molecule has 20 heavy (non-hydrogen) atoms. The van der Waals surface area contributed by atoms with Gasteiger partial charge in [0.1, 0.15) is 16.5 Å². The Morgan fingerprint density at radius 1 is 1.45 bits per heavy atom. The van der Waals surface area contributed by atoms with Gasteiger partial charge in [0.15, 0.2) is 5.13 Å². The zero-order valence-corrected chi connectivity index (χ0v) is 11.8. The van der Waals surface area contributed by atoms with Gasteiger partial charge in [-0.15, -0.1) is 0 Å². The van der Waals surface area contributed by atoms with Crippen molar-refractivity contribution >= 4 is 28.2 Å². The number of hydrogen-bond acceptors (Lipinski definition) is 5. The van der Waals surface area contributed by atoms with Crippen LogP contribution in [0.25, 0.3) is 0 Å². The van der Waals surface area contributed by atoms with Gasteiger partial charge in [0.25, 0.3) is 5.91 Å². The van der Waals surface area contributed by atoms with Crippen LogP contribution in [0.2, 0.25) is 0 Å². The van der Waals surface area contributed by atoms with Crippen LogP contribution in [-0.2, 0) is 6.54 Å². The zero-order chi connectivity index (χ0) is 14.5. The first-order valence-corrected chi connectivity index (χ1v) is 6.95. The molecule has 0 fully saturated rings. The van der Waals surface area contributed by atoms with Gasteiger partial charge in [-0.1, -0.05) is 29.5 Å². The Labute approximate surface area is 120 Å². The van der Waals surface area contributed by atoms with E-state index in [4.69, 9.17) is 5.73 Å². The lowest BCUT2D eigenvalue weighted by molar-refractivity contribution is 0.0955. The van der Waals surface area contributed by atoms with E-state index in [1.807, 2.05) is 6.92 Å². The molecule has 2 aromatic rings. The lowest BCUT2D eigenvalue weighted by atomic mass is 10.2. The van der Waals surface area contributed by atoms with E-state index in [1.54, 1.807) is 18.2 Å². The normalized spacial score (nSPS) is 10.3. The van der Waals surface area contributed by atoms with E-state index in [0.29, 0.717) is 22.1 Å². The lowest BCUT2D eigenvalue weighted by Gasteiger charge is -2.05. The Hall–Kier alpha value is -2.15. The number of anilines is 2. The maximum atomic E-state index is 13.4. The number of hydrogen-bond donors (Lipinski definition) is 3. The Morgan fingerprint density at radius 3 is 2.90 bits per heavy atom. The number of carbonyl (C=O) groups excluding carboxylic acids is 1. The minimum Gasteiger partial charge on any atom is -0.382 e. The first-order valence-electron chi connectivity index (χ1n) is 6.13. The monoisotopic (exact) mass is 294 g/mol. The summed E-state index contributed by atoms with van der Waals surface area (Å²) in [5.74, 6) is -0.525. The van der Waals surface area contributed by atoms with E-state index in [-0.39, 0.29) is 24.1 Å². The van der Waals surface area contributed by atoms with Gasteiger partial charge in [0.2, 0.25) is 0 Å². The SMILES string of the molecule is CCNc1nc(N)c(C(=O)NCc2ccccc2F)s1. The second kappa shape index (κ2) is 6.33. The number of nitrogens with one attached hydrogen (secondary N) is 2. The van der Waals surface area contributed by atoms with Crippen LogP contribution in [0.3, 0.4) is 0 Å². The first-order chi connectivity index (χ1) is 9.61. The van der Waals surface area contributed by atoms with Gasteiger partial charge in [0, 0.05) is 18.7 Å². The summed E-state index contributed by atoms with van der Waals surface area (Å²) in [6.45, 7) is 2.73. The van der Waals surface area contributed by atoms with E-state index in [0.717, 1.165) is 0 Å². The average Bonchev–Trinajstić information content (AvgIpc) is 2.79. The van der Waals surface area contributed by atoms with Gasteiger partial charge in [-0.25, -0.2) is 9.37 Å². The van der Waals surface area contributed by atoms with Crippen molar-refractivity contribution in [3.05, 3.63) is 40.5 Å². The number of halogens is 1. The molecule has 0 aliphatic rings. The van der Waals surface area contributed by atoms with Crippen LogP contribution < -0.4 is 16.4 Å². The predicted octanol–water partition coefficient (Wildman–Crippen LogP) is 2.23. The molecule has 5 nitrogen and oxygen atoms in total. The Kier molecular flexibility index (Phi) is 4.52. The third kappa shape index (κ3) is 3.24. The molecule has 0 atom stereocenters. The fraction of sp³-hybridized carbons (Fsp3) is 0.231. The van der Waals surface area contributed by atoms with Crippen molar-refractivity contribution in [1.29, 1.82) is 0 Å². The van der Waals surface area contributed by atoms with Crippen LogP contribution in [-0.4, -0.2) is 17.4 Å². The topological polar surface area (TPSA) is 80.0 Å². The molecule has 0 saturated carbocycles. The number of nitrogens with two attached hydrogens (primary N) is 1. The van der Waals surface area contributed by atoms with Gasteiger partial charge in [-0.3, -0.25) is 4.79 Å². The molecule has 1 aromatic carbocycles. The molecule has 1 heterocycles. The van der Waals surface area contributed by atoms with Crippen molar-refractivity contribution in [3.63, 3.8) is 0 Å². The van der Waals surface area contributed by atoms with E-state index >= 15 is 0 Å². The number of benzene rings is 1. The van der Waals surface area contributed by atoms with Gasteiger partial charge >= 0.3 is 0 Å². The van der Waals surface area contributed by atoms with E-state index in [9.17, 15) is 9.18 Å². The number of aromatic nitrogens is 1. The van der Waals surface area contributed by atoms with Crippen molar-refractivity contribution < 1.29 is 9.18 Å². The summed E-state index contributed by atoms with van der Waals surface area (Å²) >= 11 is 1.18. The average molecular weight is 294 g/mol. The molecule has 106 valence electrons. The summed E-state index contributed by atoms with van der Waals surface area (Å²) in [5.41, 5.74) is 6.12. The van der Waals surface area contributed by atoms with Gasteiger partial charge in [-0.2, -0.15) is 0 Å². The van der Waals surface area contributed by atoms with Crippen molar-refractivity contribution in [2.75, 3.05) is 17.6 Å². The Morgan fingerprint density at radius 2 is 2.20 bits per heavy atom. The fourth-order valence-electron chi connectivity index (χ4n) is 1.62. The lowest BCUT2D eigenvalue weighted by Crippen LogP contribution is -2.23.